The van der Waals surface area contributed by atoms with Crippen LogP contribution in [0, 0.1) is 11.3 Å². The standard InChI is InChI=1S/C13H11ClN4O2S/c1-16-13-12(3-2-6-17-13)21(19,20)18-10-5-4-9(8-15)11(14)7-10/h2-7,18H,1H3,(H,16,17). The topological polar surface area (TPSA) is 94.9 Å². The SMILES string of the molecule is CNc1ncccc1S(=O)(=O)Nc1ccc(C#N)c(Cl)c1. The van der Waals surface area contributed by atoms with Crippen LogP contribution in [0.3, 0.4) is 0 Å². The van der Waals surface area contributed by atoms with E-state index < -0.39 is 10.0 Å². The highest BCUT2D eigenvalue weighted by Crippen LogP contribution is 2.24. The smallest absolute Gasteiger partial charge is 0.265 e. The molecule has 0 amide bonds. The van der Waals surface area contributed by atoms with Gasteiger partial charge in [-0.2, -0.15) is 5.26 Å². The maximum Gasteiger partial charge on any atom is 0.265 e. The molecule has 8 heteroatoms. The van der Waals surface area contributed by atoms with Crippen LogP contribution in [0.5, 0.6) is 0 Å². The number of pyridine rings is 1. The van der Waals surface area contributed by atoms with E-state index in [1.165, 1.54) is 36.5 Å². The van der Waals surface area contributed by atoms with Gasteiger partial charge in [0.2, 0.25) is 0 Å². The average molecular weight is 323 g/mol. The first-order valence-electron chi connectivity index (χ1n) is 5.83. The molecule has 0 unspecified atom stereocenters. The summed E-state index contributed by atoms with van der Waals surface area (Å²) < 4.78 is 27.1. The maximum absolute atomic E-state index is 12.3. The van der Waals surface area contributed by atoms with Crippen LogP contribution in [0.15, 0.2) is 41.4 Å². The molecule has 0 bridgehead atoms. The van der Waals surface area contributed by atoms with Crippen molar-refractivity contribution in [2.24, 2.45) is 0 Å². The van der Waals surface area contributed by atoms with Crippen LogP contribution in [0.25, 0.3) is 0 Å². The summed E-state index contributed by atoms with van der Waals surface area (Å²) >= 11 is 5.88. The second-order valence-electron chi connectivity index (χ2n) is 4.01. The minimum Gasteiger partial charge on any atom is -0.372 e. The van der Waals surface area contributed by atoms with Gasteiger partial charge in [0.15, 0.2) is 0 Å². The third-order valence-corrected chi connectivity index (χ3v) is 4.36. The highest BCUT2D eigenvalue weighted by Gasteiger charge is 2.19. The maximum atomic E-state index is 12.3. The van der Waals surface area contributed by atoms with Gasteiger partial charge in [-0.3, -0.25) is 4.72 Å². The molecule has 1 aromatic heterocycles. The number of aromatic nitrogens is 1. The molecule has 2 rings (SSSR count). The minimum absolute atomic E-state index is 0.0213. The van der Waals surface area contributed by atoms with E-state index in [0.29, 0.717) is 0 Å². The zero-order chi connectivity index (χ0) is 15.5. The van der Waals surface area contributed by atoms with Gasteiger partial charge < -0.3 is 5.32 Å². The molecule has 0 aliphatic rings. The summed E-state index contributed by atoms with van der Waals surface area (Å²) in [5, 5.41) is 11.7. The second-order valence-corrected chi connectivity index (χ2v) is 6.07. The third kappa shape index (κ3) is 3.24. The third-order valence-electron chi connectivity index (χ3n) is 2.64. The second kappa shape index (κ2) is 5.99. The van der Waals surface area contributed by atoms with Crippen molar-refractivity contribution in [2.75, 3.05) is 17.1 Å². The average Bonchev–Trinajstić information content (AvgIpc) is 2.47. The number of sulfonamides is 1. The molecule has 0 radical (unpaired) electrons. The molecule has 0 aliphatic heterocycles. The van der Waals surface area contributed by atoms with Gasteiger partial charge in [0, 0.05) is 13.2 Å². The summed E-state index contributed by atoms with van der Waals surface area (Å²) in [5.41, 5.74) is 0.543. The first kappa shape index (κ1) is 15.1. The molecule has 21 heavy (non-hydrogen) atoms. The molecule has 108 valence electrons. The van der Waals surface area contributed by atoms with E-state index in [0.717, 1.165) is 0 Å². The van der Waals surface area contributed by atoms with Gasteiger partial charge in [-0.25, -0.2) is 13.4 Å². The lowest BCUT2D eigenvalue weighted by Crippen LogP contribution is -2.15. The fourth-order valence-electron chi connectivity index (χ4n) is 1.67. The van der Waals surface area contributed by atoms with Gasteiger partial charge in [0.25, 0.3) is 10.0 Å². The first-order chi connectivity index (χ1) is 9.97. The predicted octanol–water partition coefficient (Wildman–Crippen LogP) is 2.45. The van der Waals surface area contributed by atoms with Gasteiger partial charge in [0.05, 0.1) is 16.3 Å². The lowest BCUT2D eigenvalue weighted by Gasteiger charge is -2.11. The number of nitrogens with one attached hydrogen (secondary N) is 2. The Balaban J connectivity index is 2.38. The van der Waals surface area contributed by atoms with Crippen LogP contribution in [0.1, 0.15) is 5.56 Å². The van der Waals surface area contributed by atoms with E-state index in [9.17, 15) is 8.42 Å². The number of rotatable bonds is 4. The Hall–Kier alpha value is -2.30. The first-order valence-corrected chi connectivity index (χ1v) is 7.69. The fraction of sp³-hybridized carbons (Fsp3) is 0.0769. The van der Waals surface area contributed by atoms with E-state index in [1.807, 2.05) is 6.07 Å². The molecule has 0 spiro atoms. The van der Waals surface area contributed by atoms with E-state index in [4.69, 9.17) is 16.9 Å². The van der Waals surface area contributed by atoms with Crippen LogP contribution >= 0.6 is 11.6 Å². The van der Waals surface area contributed by atoms with Gasteiger partial charge >= 0.3 is 0 Å². The Bertz CT molecular complexity index is 815. The van der Waals surface area contributed by atoms with Crippen molar-refractivity contribution in [3.63, 3.8) is 0 Å². The predicted molar refractivity (Wildman–Crippen MR) is 80.8 cm³/mol. The number of benzene rings is 1. The van der Waals surface area contributed by atoms with Crippen LogP contribution in [0.2, 0.25) is 5.02 Å². The van der Waals surface area contributed by atoms with Crippen LogP contribution in [0.4, 0.5) is 11.5 Å². The highest BCUT2D eigenvalue weighted by molar-refractivity contribution is 7.92. The van der Waals surface area contributed by atoms with Crippen molar-refractivity contribution < 1.29 is 8.42 Å². The Morgan fingerprint density at radius 1 is 1.33 bits per heavy atom. The van der Waals surface area contributed by atoms with Crippen molar-refractivity contribution in [1.29, 1.82) is 5.26 Å². The number of hydrogen-bond donors (Lipinski definition) is 2. The Morgan fingerprint density at radius 3 is 2.71 bits per heavy atom. The lowest BCUT2D eigenvalue weighted by molar-refractivity contribution is 0.601. The summed E-state index contributed by atoms with van der Waals surface area (Å²) in [6.07, 6.45) is 1.49. The number of halogens is 1. The number of nitrogens with zero attached hydrogens (tertiary/aromatic N) is 2. The van der Waals surface area contributed by atoms with Crippen LogP contribution in [-0.2, 0) is 10.0 Å². The fourth-order valence-corrected chi connectivity index (χ4v) is 3.11. The summed E-state index contributed by atoms with van der Waals surface area (Å²) in [4.78, 5) is 3.97. The number of anilines is 2. The normalized spacial score (nSPS) is 10.7. The monoisotopic (exact) mass is 322 g/mol. The van der Waals surface area contributed by atoms with E-state index in [1.54, 1.807) is 7.05 Å². The molecule has 1 heterocycles. The zero-order valence-electron chi connectivity index (χ0n) is 11.0. The van der Waals surface area contributed by atoms with Crippen molar-refractivity contribution in [2.45, 2.75) is 4.90 Å². The number of nitriles is 1. The molecule has 6 nitrogen and oxygen atoms in total. The van der Waals surface area contributed by atoms with Crippen LogP contribution < -0.4 is 10.0 Å². The zero-order valence-corrected chi connectivity index (χ0v) is 12.5. The summed E-state index contributed by atoms with van der Waals surface area (Å²) in [6.45, 7) is 0. The van der Waals surface area contributed by atoms with Gasteiger partial charge in [0.1, 0.15) is 16.8 Å². The molecular weight excluding hydrogens is 312 g/mol. The molecule has 0 aliphatic carbocycles. The molecular formula is C13H11ClN4O2S. The molecule has 0 saturated heterocycles. The molecule has 0 fully saturated rings. The molecule has 0 saturated carbocycles. The summed E-state index contributed by atoms with van der Waals surface area (Å²) in [6, 6.07) is 9.17. The summed E-state index contributed by atoms with van der Waals surface area (Å²) in [5.74, 6) is 0.241. The lowest BCUT2D eigenvalue weighted by atomic mass is 10.2. The number of hydrogen-bond acceptors (Lipinski definition) is 5. The molecule has 2 N–H and O–H groups in total. The van der Waals surface area contributed by atoms with E-state index in [2.05, 4.69) is 15.0 Å². The Kier molecular flexibility index (Phi) is 4.31. The Labute approximate surface area is 127 Å². The van der Waals surface area contributed by atoms with Crippen molar-refractivity contribution in [1.82, 2.24) is 4.98 Å². The largest absolute Gasteiger partial charge is 0.372 e. The van der Waals surface area contributed by atoms with Crippen molar-refractivity contribution in [3.05, 3.63) is 47.1 Å². The Morgan fingerprint density at radius 2 is 2.10 bits per heavy atom. The van der Waals surface area contributed by atoms with Gasteiger partial charge in [-0.15, -0.1) is 0 Å². The highest BCUT2D eigenvalue weighted by atomic mass is 35.5. The summed E-state index contributed by atoms with van der Waals surface area (Å²) in [7, 11) is -2.23. The van der Waals surface area contributed by atoms with E-state index >= 15 is 0 Å². The van der Waals surface area contributed by atoms with Gasteiger partial charge in [-0.05, 0) is 30.3 Å². The quantitative estimate of drug-likeness (QED) is 0.901. The molecule has 2 aromatic rings. The van der Waals surface area contributed by atoms with Crippen molar-refractivity contribution >= 4 is 33.1 Å². The van der Waals surface area contributed by atoms with Gasteiger partial charge in [-0.1, -0.05) is 11.6 Å². The van der Waals surface area contributed by atoms with Crippen LogP contribution in [-0.4, -0.2) is 20.4 Å². The molecule has 1 aromatic carbocycles. The minimum atomic E-state index is -3.81. The van der Waals surface area contributed by atoms with E-state index in [-0.39, 0.29) is 27.0 Å². The molecule has 0 atom stereocenters. The van der Waals surface area contributed by atoms with Crippen molar-refractivity contribution in [3.8, 4) is 6.07 Å².